The molecule has 0 aromatic rings. The van der Waals surface area contributed by atoms with E-state index < -0.39 is 5.44 Å². The van der Waals surface area contributed by atoms with E-state index in [2.05, 4.69) is 0 Å². The number of aliphatic hydroxyl groups is 2. The summed E-state index contributed by atoms with van der Waals surface area (Å²) in [6.45, 7) is -0.152. The van der Waals surface area contributed by atoms with Crippen LogP contribution in [0.1, 0.15) is 0 Å². The van der Waals surface area contributed by atoms with Crippen LogP contribution in [-0.2, 0) is 0 Å². The minimum absolute atomic E-state index is 0.152. The van der Waals surface area contributed by atoms with Gasteiger partial charge in [-0.05, 0) is 6.26 Å². The van der Waals surface area contributed by atoms with Crippen LogP contribution in [0.15, 0.2) is 0 Å². The van der Waals surface area contributed by atoms with Crippen molar-refractivity contribution in [2.45, 2.75) is 5.44 Å². The smallest absolute Gasteiger partial charge is 0.122 e. The highest BCUT2D eigenvalue weighted by Crippen LogP contribution is 1.97. The third kappa shape index (κ3) is 2.50. The van der Waals surface area contributed by atoms with Crippen molar-refractivity contribution in [3.8, 4) is 0 Å². The summed E-state index contributed by atoms with van der Waals surface area (Å²) in [7, 11) is 0. The normalized spacial score (nSPS) is 14.5. The van der Waals surface area contributed by atoms with Gasteiger partial charge >= 0.3 is 0 Å². The third-order valence-corrected chi connectivity index (χ3v) is 1.12. The van der Waals surface area contributed by atoms with Gasteiger partial charge in [0.1, 0.15) is 5.44 Å². The van der Waals surface area contributed by atoms with Crippen LogP contribution in [-0.4, -0.2) is 28.5 Å². The molecule has 0 saturated heterocycles. The Hall–Kier alpha value is 0.270. The molecule has 0 aliphatic carbocycles. The van der Waals surface area contributed by atoms with Crippen molar-refractivity contribution < 1.29 is 10.2 Å². The summed E-state index contributed by atoms with van der Waals surface area (Å²) >= 11 is 1.23. The molecular weight excluding hydrogens is 100 g/mol. The zero-order chi connectivity index (χ0) is 4.99. The van der Waals surface area contributed by atoms with E-state index in [1.54, 1.807) is 6.26 Å². The standard InChI is InChI=1S/C3H8O2S/c1-6-3(5)2-4/h3-5H,2H2,1H3. The number of aliphatic hydroxyl groups excluding tert-OH is 2. The molecule has 3 heteroatoms. The average Bonchev–Trinajstić information content (AvgIpc) is 1.65. The molecule has 0 fully saturated rings. The van der Waals surface area contributed by atoms with E-state index in [4.69, 9.17) is 10.2 Å². The van der Waals surface area contributed by atoms with Gasteiger partial charge in [0.05, 0.1) is 6.61 Å². The molecule has 0 bridgehead atoms. The van der Waals surface area contributed by atoms with Crippen molar-refractivity contribution in [2.75, 3.05) is 12.9 Å². The SMILES string of the molecule is CSC(O)CO. The summed E-state index contributed by atoms with van der Waals surface area (Å²) in [6.07, 6.45) is 1.74. The lowest BCUT2D eigenvalue weighted by molar-refractivity contribution is 0.161. The van der Waals surface area contributed by atoms with Crippen molar-refractivity contribution in [1.82, 2.24) is 0 Å². The van der Waals surface area contributed by atoms with Gasteiger partial charge < -0.3 is 10.2 Å². The molecule has 2 nitrogen and oxygen atoms in total. The highest BCUT2D eigenvalue weighted by atomic mass is 32.2. The van der Waals surface area contributed by atoms with Gasteiger partial charge in [-0.1, -0.05) is 0 Å². The molecule has 38 valence electrons. The molecule has 2 N–H and O–H groups in total. The van der Waals surface area contributed by atoms with Crippen LogP contribution >= 0.6 is 11.8 Å². The van der Waals surface area contributed by atoms with Gasteiger partial charge in [0.25, 0.3) is 0 Å². The first-order valence-corrected chi connectivity index (χ1v) is 2.91. The summed E-state index contributed by atoms with van der Waals surface area (Å²) in [5, 5.41) is 16.4. The first-order chi connectivity index (χ1) is 2.81. The fourth-order valence-electron chi connectivity index (χ4n) is 0.0745. The lowest BCUT2D eigenvalue weighted by Crippen LogP contribution is -2.04. The van der Waals surface area contributed by atoms with Crippen LogP contribution in [0.4, 0.5) is 0 Å². The van der Waals surface area contributed by atoms with Crippen LogP contribution in [0.3, 0.4) is 0 Å². The summed E-state index contributed by atoms with van der Waals surface area (Å²) in [4.78, 5) is 0. The Kier molecular flexibility index (Phi) is 3.62. The van der Waals surface area contributed by atoms with Crippen molar-refractivity contribution >= 4 is 11.8 Å². The van der Waals surface area contributed by atoms with Gasteiger partial charge in [-0.3, -0.25) is 0 Å². The Morgan fingerprint density at radius 1 is 1.83 bits per heavy atom. The van der Waals surface area contributed by atoms with Crippen molar-refractivity contribution in [3.05, 3.63) is 0 Å². The molecule has 0 aliphatic heterocycles. The van der Waals surface area contributed by atoms with Crippen molar-refractivity contribution in [3.63, 3.8) is 0 Å². The maximum atomic E-state index is 8.38. The molecule has 0 aromatic carbocycles. The monoisotopic (exact) mass is 108 g/mol. The summed E-state index contributed by atoms with van der Waals surface area (Å²) < 4.78 is 0. The first kappa shape index (κ1) is 6.27. The van der Waals surface area contributed by atoms with Crippen molar-refractivity contribution in [2.24, 2.45) is 0 Å². The van der Waals surface area contributed by atoms with E-state index in [0.717, 1.165) is 0 Å². The zero-order valence-electron chi connectivity index (χ0n) is 3.59. The zero-order valence-corrected chi connectivity index (χ0v) is 4.40. The van der Waals surface area contributed by atoms with Crippen LogP contribution in [0, 0.1) is 0 Å². The predicted octanol–water partition coefficient (Wildman–Crippen LogP) is -0.340. The second kappa shape index (κ2) is 3.46. The topological polar surface area (TPSA) is 40.5 Å². The van der Waals surface area contributed by atoms with Crippen LogP contribution < -0.4 is 0 Å². The molecule has 0 aromatic heterocycles. The third-order valence-electron chi connectivity index (χ3n) is 0.428. The molecule has 6 heavy (non-hydrogen) atoms. The van der Waals surface area contributed by atoms with E-state index in [-0.39, 0.29) is 6.61 Å². The average molecular weight is 108 g/mol. The van der Waals surface area contributed by atoms with E-state index in [9.17, 15) is 0 Å². The Bertz CT molecular complexity index is 28.0. The van der Waals surface area contributed by atoms with Gasteiger partial charge in [-0.2, -0.15) is 0 Å². The van der Waals surface area contributed by atoms with Gasteiger partial charge in [-0.15, -0.1) is 11.8 Å². The molecule has 0 amide bonds. The summed E-state index contributed by atoms with van der Waals surface area (Å²) in [5.74, 6) is 0. The molecule has 1 unspecified atom stereocenters. The minimum atomic E-state index is -0.593. The van der Waals surface area contributed by atoms with Crippen molar-refractivity contribution in [1.29, 1.82) is 0 Å². The number of thioether (sulfide) groups is 1. The Balaban J connectivity index is 2.75. The van der Waals surface area contributed by atoms with Gasteiger partial charge in [-0.25, -0.2) is 0 Å². The lowest BCUT2D eigenvalue weighted by Gasteiger charge is -1.97. The second-order valence-electron chi connectivity index (χ2n) is 0.873. The van der Waals surface area contributed by atoms with Gasteiger partial charge in [0.15, 0.2) is 0 Å². The molecular formula is C3H8O2S. The number of hydrogen-bond acceptors (Lipinski definition) is 3. The molecule has 0 heterocycles. The molecule has 1 atom stereocenters. The first-order valence-electron chi connectivity index (χ1n) is 1.63. The number of rotatable bonds is 2. The minimum Gasteiger partial charge on any atom is -0.393 e. The van der Waals surface area contributed by atoms with Crippen LogP contribution in [0.25, 0.3) is 0 Å². The van der Waals surface area contributed by atoms with E-state index >= 15 is 0 Å². The molecule has 0 saturated carbocycles. The van der Waals surface area contributed by atoms with E-state index in [1.807, 2.05) is 0 Å². The molecule has 0 spiro atoms. The summed E-state index contributed by atoms with van der Waals surface area (Å²) in [6, 6.07) is 0. The van der Waals surface area contributed by atoms with Gasteiger partial charge in [0, 0.05) is 0 Å². The van der Waals surface area contributed by atoms with E-state index in [1.165, 1.54) is 11.8 Å². The lowest BCUT2D eigenvalue weighted by atomic mass is 10.8. The van der Waals surface area contributed by atoms with Crippen LogP contribution in [0.2, 0.25) is 0 Å². The Morgan fingerprint density at radius 3 is 2.33 bits per heavy atom. The largest absolute Gasteiger partial charge is 0.393 e. The molecule has 0 aliphatic rings. The maximum Gasteiger partial charge on any atom is 0.122 e. The Morgan fingerprint density at radius 2 is 2.33 bits per heavy atom. The summed E-state index contributed by atoms with van der Waals surface area (Å²) in [5.41, 5.74) is -0.593. The molecule has 0 rings (SSSR count). The fourth-order valence-corrected chi connectivity index (χ4v) is 0.224. The predicted molar refractivity (Wildman–Crippen MR) is 26.6 cm³/mol. The fraction of sp³-hybridized carbons (Fsp3) is 1.00. The molecule has 0 radical (unpaired) electrons. The van der Waals surface area contributed by atoms with Gasteiger partial charge in [0.2, 0.25) is 0 Å². The van der Waals surface area contributed by atoms with Crippen LogP contribution in [0.5, 0.6) is 0 Å². The second-order valence-corrected chi connectivity index (χ2v) is 1.89. The quantitative estimate of drug-likeness (QED) is 0.475. The highest BCUT2D eigenvalue weighted by Gasteiger charge is 1.92. The highest BCUT2D eigenvalue weighted by molar-refractivity contribution is 7.99. The Labute approximate surface area is 41.2 Å². The maximum absolute atomic E-state index is 8.38. The van der Waals surface area contributed by atoms with E-state index in [0.29, 0.717) is 0 Å². The number of hydrogen-bond donors (Lipinski definition) is 2.